The van der Waals surface area contributed by atoms with E-state index < -0.39 is 27.5 Å². The van der Waals surface area contributed by atoms with Crippen LogP contribution < -0.4 is 0 Å². The lowest BCUT2D eigenvalue weighted by atomic mass is 10.1. The van der Waals surface area contributed by atoms with Gasteiger partial charge in [0.15, 0.2) is 5.41 Å². The fourth-order valence-electron chi connectivity index (χ4n) is 1.44. The van der Waals surface area contributed by atoms with Gasteiger partial charge in [0, 0.05) is 0 Å². The summed E-state index contributed by atoms with van der Waals surface area (Å²) in [7, 11) is -4.25. The number of hydrogen-bond donors (Lipinski definition) is 1. The number of carboxylic acid groups (broad SMARTS) is 1. The first-order valence-electron chi connectivity index (χ1n) is 5.16. The van der Waals surface area contributed by atoms with Crippen LogP contribution in [0.25, 0.3) is 0 Å². The third-order valence-electron chi connectivity index (χ3n) is 2.77. The van der Waals surface area contributed by atoms with E-state index in [1.807, 2.05) is 0 Å². The highest BCUT2D eigenvalue weighted by Gasteiger charge is 2.59. The van der Waals surface area contributed by atoms with Gasteiger partial charge in [0.25, 0.3) is 0 Å². The predicted molar refractivity (Wildman–Crippen MR) is 59.0 cm³/mol. The van der Waals surface area contributed by atoms with Crippen LogP contribution in [0.2, 0.25) is 0 Å². The second-order valence-electron chi connectivity index (χ2n) is 4.03. The SMILES string of the molecule is O=C(O)C1(C(=O)OS(=O)(=O)c2ccccc2)CC1. The molecule has 0 bridgehead atoms. The molecule has 1 fully saturated rings. The standard InChI is InChI=1S/C11H10O6S/c12-9(13)11(6-7-11)10(14)17-18(15,16)8-4-2-1-3-5-8/h1-5H,6-7H2,(H,12,13). The molecule has 1 aromatic rings. The first kappa shape index (κ1) is 12.6. The number of carbonyl (C=O) groups is 2. The molecule has 1 N–H and O–H groups in total. The quantitative estimate of drug-likeness (QED) is 0.641. The molecule has 0 saturated heterocycles. The Labute approximate surface area is 103 Å². The van der Waals surface area contributed by atoms with Crippen molar-refractivity contribution in [3.05, 3.63) is 30.3 Å². The Morgan fingerprint density at radius 2 is 1.72 bits per heavy atom. The van der Waals surface area contributed by atoms with Crippen molar-refractivity contribution in [2.75, 3.05) is 0 Å². The molecule has 0 amide bonds. The lowest BCUT2D eigenvalue weighted by molar-refractivity contribution is -0.154. The second-order valence-corrected chi connectivity index (χ2v) is 5.57. The molecule has 0 aliphatic heterocycles. The van der Waals surface area contributed by atoms with Gasteiger partial charge in [-0.25, -0.2) is 4.79 Å². The van der Waals surface area contributed by atoms with Crippen molar-refractivity contribution < 1.29 is 27.3 Å². The minimum atomic E-state index is -4.25. The molecule has 6 nitrogen and oxygen atoms in total. The maximum atomic E-state index is 11.7. The van der Waals surface area contributed by atoms with E-state index in [0.29, 0.717) is 0 Å². The molecule has 1 saturated carbocycles. The van der Waals surface area contributed by atoms with Gasteiger partial charge in [-0.05, 0) is 25.0 Å². The molecule has 0 aromatic heterocycles. The van der Waals surface area contributed by atoms with Crippen molar-refractivity contribution in [3.8, 4) is 0 Å². The van der Waals surface area contributed by atoms with E-state index >= 15 is 0 Å². The van der Waals surface area contributed by atoms with Crippen LogP contribution in [0.1, 0.15) is 12.8 Å². The predicted octanol–water partition coefficient (Wildman–Crippen LogP) is 0.783. The first-order chi connectivity index (χ1) is 8.38. The summed E-state index contributed by atoms with van der Waals surface area (Å²) in [6.07, 6.45) is 0.205. The average Bonchev–Trinajstić information content (AvgIpc) is 3.10. The van der Waals surface area contributed by atoms with E-state index in [9.17, 15) is 18.0 Å². The van der Waals surface area contributed by atoms with Crippen molar-refractivity contribution >= 4 is 22.1 Å². The molecule has 0 atom stereocenters. The zero-order valence-corrected chi connectivity index (χ0v) is 10.0. The van der Waals surface area contributed by atoms with Crippen LogP contribution >= 0.6 is 0 Å². The fraction of sp³-hybridized carbons (Fsp3) is 0.273. The zero-order valence-electron chi connectivity index (χ0n) is 9.20. The molecule has 1 aliphatic carbocycles. The maximum absolute atomic E-state index is 11.7. The van der Waals surface area contributed by atoms with Crippen molar-refractivity contribution in [1.29, 1.82) is 0 Å². The number of carbonyl (C=O) groups excluding carboxylic acids is 1. The van der Waals surface area contributed by atoms with Gasteiger partial charge in [0.2, 0.25) is 0 Å². The number of aliphatic carboxylic acids is 1. The molecular formula is C11H10O6S. The monoisotopic (exact) mass is 270 g/mol. The Balaban J connectivity index is 2.20. The van der Waals surface area contributed by atoms with Gasteiger partial charge in [-0.15, -0.1) is 0 Å². The Morgan fingerprint density at radius 3 is 2.17 bits per heavy atom. The minimum Gasteiger partial charge on any atom is -0.480 e. The molecule has 1 aliphatic rings. The van der Waals surface area contributed by atoms with E-state index in [1.165, 1.54) is 24.3 Å². The highest BCUT2D eigenvalue weighted by molar-refractivity contribution is 7.87. The van der Waals surface area contributed by atoms with Gasteiger partial charge in [-0.3, -0.25) is 4.79 Å². The summed E-state index contributed by atoms with van der Waals surface area (Å²) in [5.74, 6) is -2.57. The zero-order chi connectivity index (χ0) is 13.4. The Hall–Kier alpha value is -1.89. The number of rotatable bonds is 4. The first-order valence-corrected chi connectivity index (χ1v) is 6.57. The molecule has 7 heteroatoms. The minimum absolute atomic E-state index is 0.103. The summed E-state index contributed by atoms with van der Waals surface area (Å²) in [5, 5.41) is 8.85. The third-order valence-corrected chi connectivity index (χ3v) is 3.99. The van der Waals surface area contributed by atoms with Gasteiger partial charge in [0.05, 0.1) is 0 Å². The van der Waals surface area contributed by atoms with Crippen LogP contribution in [0, 0.1) is 5.41 Å². The van der Waals surface area contributed by atoms with Crippen molar-refractivity contribution in [1.82, 2.24) is 0 Å². The summed E-state index contributed by atoms with van der Waals surface area (Å²) >= 11 is 0. The van der Waals surface area contributed by atoms with Crippen molar-refractivity contribution in [2.45, 2.75) is 17.7 Å². The summed E-state index contributed by atoms with van der Waals surface area (Å²) < 4.78 is 27.8. The fourth-order valence-corrected chi connectivity index (χ4v) is 2.39. The summed E-state index contributed by atoms with van der Waals surface area (Å²) in [4.78, 5) is 22.2. The van der Waals surface area contributed by atoms with Crippen molar-refractivity contribution in [2.24, 2.45) is 5.41 Å². The van der Waals surface area contributed by atoms with Crippen LogP contribution in [-0.2, 0) is 23.9 Å². The van der Waals surface area contributed by atoms with Gasteiger partial charge in [-0.2, -0.15) is 8.42 Å². The lowest BCUT2D eigenvalue weighted by Gasteiger charge is -2.09. The molecule has 2 rings (SSSR count). The van der Waals surface area contributed by atoms with E-state index in [-0.39, 0.29) is 17.7 Å². The molecule has 0 spiro atoms. The Kier molecular flexibility index (Phi) is 2.86. The highest BCUT2D eigenvalue weighted by Crippen LogP contribution is 2.47. The van der Waals surface area contributed by atoms with E-state index in [1.54, 1.807) is 6.07 Å². The molecule has 0 heterocycles. The van der Waals surface area contributed by atoms with Crippen LogP contribution in [0.5, 0.6) is 0 Å². The molecule has 18 heavy (non-hydrogen) atoms. The lowest BCUT2D eigenvalue weighted by Crippen LogP contribution is -2.29. The molecule has 0 radical (unpaired) electrons. The van der Waals surface area contributed by atoms with Gasteiger partial charge < -0.3 is 9.29 Å². The number of carboxylic acids is 1. The van der Waals surface area contributed by atoms with Crippen LogP contribution in [-0.4, -0.2) is 25.5 Å². The van der Waals surface area contributed by atoms with Crippen LogP contribution in [0.3, 0.4) is 0 Å². The molecule has 1 aromatic carbocycles. The summed E-state index contributed by atoms with van der Waals surface area (Å²) in [6.45, 7) is 0. The van der Waals surface area contributed by atoms with Gasteiger partial charge >= 0.3 is 22.1 Å². The molecule has 0 unspecified atom stereocenters. The topological polar surface area (TPSA) is 97.7 Å². The van der Waals surface area contributed by atoms with E-state index in [0.717, 1.165) is 0 Å². The van der Waals surface area contributed by atoms with Crippen LogP contribution in [0.15, 0.2) is 35.2 Å². The van der Waals surface area contributed by atoms with Crippen molar-refractivity contribution in [3.63, 3.8) is 0 Å². The number of hydrogen-bond acceptors (Lipinski definition) is 5. The number of benzene rings is 1. The van der Waals surface area contributed by atoms with Gasteiger partial charge in [-0.1, -0.05) is 18.2 Å². The van der Waals surface area contributed by atoms with E-state index in [4.69, 9.17) is 5.11 Å². The highest BCUT2D eigenvalue weighted by atomic mass is 32.2. The molecule has 96 valence electrons. The maximum Gasteiger partial charge on any atom is 0.341 e. The third kappa shape index (κ3) is 2.08. The normalized spacial score (nSPS) is 16.9. The van der Waals surface area contributed by atoms with E-state index in [2.05, 4.69) is 4.18 Å². The Morgan fingerprint density at radius 1 is 1.17 bits per heavy atom. The molecular weight excluding hydrogens is 260 g/mol. The largest absolute Gasteiger partial charge is 0.480 e. The van der Waals surface area contributed by atoms with Gasteiger partial charge in [0.1, 0.15) is 4.90 Å². The smallest absolute Gasteiger partial charge is 0.341 e. The second kappa shape index (κ2) is 4.09. The summed E-state index contributed by atoms with van der Waals surface area (Å²) in [5.41, 5.74) is -1.68. The van der Waals surface area contributed by atoms with Crippen LogP contribution in [0.4, 0.5) is 0 Å². The summed E-state index contributed by atoms with van der Waals surface area (Å²) in [6, 6.07) is 7.10. The average molecular weight is 270 g/mol. The Bertz CT molecular complexity index is 585.